The second-order valence-corrected chi connectivity index (χ2v) is 5.85. The molecule has 2 rings (SSSR count). The van der Waals surface area contributed by atoms with Crippen LogP contribution in [0.2, 0.25) is 5.02 Å². The summed E-state index contributed by atoms with van der Waals surface area (Å²) in [5.41, 5.74) is 1.76. The molecule has 0 aromatic heterocycles. The van der Waals surface area contributed by atoms with Crippen LogP contribution in [-0.2, 0) is 0 Å². The molecule has 3 heteroatoms. The third-order valence-electron chi connectivity index (χ3n) is 4.01. The molecule has 0 aliphatic carbocycles. The number of halogens is 1. The summed E-state index contributed by atoms with van der Waals surface area (Å²) < 4.78 is 0. The maximum absolute atomic E-state index is 11.4. The first kappa shape index (κ1) is 14.4. The molecule has 0 saturated carbocycles. The summed E-state index contributed by atoms with van der Waals surface area (Å²) in [6.07, 6.45) is 5.15. The monoisotopic (exact) mass is 279 g/mol. The molecule has 104 valence electrons. The van der Waals surface area contributed by atoms with Gasteiger partial charge in [0.2, 0.25) is 0 Å². The van der Waals surface area contributed by atoms with E-state index in [1.807, 2.05) is 18.2 Å². The third kappa shape index (κ3) is 3.50. The van der Waals surface area contributed by atoms with Gasteiger partial charge in [-0.3, -0.25) is 4.79 Å². The van der Waals surface area contributed by atoms with Crippen LogP contribution < -0.4 is 4.90 Å². The van der Waals surface area contributed by atoms with Crippen molar-refractivity contribution in [3.8, 4) is 0 Å². The first-order chi connectivity index (χ1) is 9.11. The zero-order valence-electron chi connectivity index (χ0n) is 11.8. The summed E-state index contributed by atoms with van der Waals surface area (Å²) in [5.74, 6) is 0.909. The van der Waals surface area contributed by atoms with Gasteiger partial charge in [0.1, 0.15) is 0 Å². The van der Waals surface area contributed by atoms with Crippen LogP contribution in [0.15, 0.2) is 18.2 Å². The van der Waals surface area contributed by atoms with Gasteiger partial charge in [-0.2, -0.15) is 0 Å². The van der Waals surface area contributed by atoms with Crippen LogP contribution in [0.25, 0.3) is 0 Å². The van der Waals surface area contributed by atoms with Gasteiger partial charge < -0.3 is 4.90 Å². The van der Waals surface area contributed by atoms with E-state index >= 15 is 0 Å². The smallest absolute Gasteiger partial charge is 0.161 e. The Bertz CT molecular complexity index is 450. The Morgan fingerprint density at radius 3 is 2.58 bits per heavy atom. The predicted octanol–water partition coefficient (Wildman–Crippen LogP) is 4.56. The number of anilines is 1. The molecule has 19 heavy (non-hydrogen) atoms. The van der Waals surface area contributed by atoms with Crippen molar-refractivity contribution >= 4 is 23.1 Å². The third-order valence-corrected chi connectivity index (χ3v) is 4.32. The number of hydrogen-bond donors (Lipinski definition) is 0. The van der Waals surface area contributed by atoms with Crippen LogP contribution in [-0.4, -0.2) is 18.9 Å². The topological polar surface area (TPSA) is 20.3 Å². The summed E-state index contributed by atoms with van der Waals surface area (Å²) in [4.78, 5) is 13.7. The van der Waals surface area contributed by atoms with Crippen LogP contribution in [0.5, 0.6) is 0 Å². The lowest BCUT2D eigenvalue weighted by atomic mass is 9.92. The largest absolute Gasteiger partial charge is 0.371 e. The Hall–Kier alpha value is -1.02. The number of carbonyl (C=O) groups is 1. The van der Waals surface area contributed by atoms with Gasteiger partial charge in [-0.05, 0) is 43.9 Å². The summed E-state index contributed by atoms with van der Waals surface area (Å²) in [6, 6.07) is 5.79. The van der Waals surface area contributed by atoms with E-state index in [0.717, 1.165) is 24.7 Å². The molecule has 0 radical (unpaired) electrons. The van der Waals surface area contributed by atoms with Gasteiger partial charge in [-0.25, -0.2) is 0 Å². The van der Waals surface area contributed by atoms with Gasteiger partial charge in [0.05, 0.1) is 5.02 Å². The number of carbonyl (C=O) groups excluding carboxylic acids is 1. The van der Waals surface area contributed by atoms with Gasteiger partial charge in [-0.1, -0.05) is 31.4 Å². The maximum Gasteiger partial charge on any atom is 0.161 e. The zero-order valence-corrected chi connectivity index (χ0v) is 12.5. The molecule has 0 spiro atoms. The highest BCUT2D eigenvalue weighted by Gasteiger charge is 2.19. The van der Waals surface area contributed by atoms with E-state index < -0.39 is 0 Å². The normalized spacial score (nSPS) is 16.7. The van der Waals surface area contributed by atoms with Crippen molar-refractivity contribution in [1.82, 2.24) is 0 Å². The van der Waals surface area contributed by atoms with E-state index in [1.165, 1.54) is 25.7 Å². The molecule has 0 N–H and O–H groups in total. The van der Waals surface area contributed by atoms with E-state index in [4.69, 9.17) is 11.6 Å². The highest BCUT2D eigenvalue weighted by molar-refractivity contribution is 6.34. The Morgan fingerprint density at radius 1 is 1.37 bits per heavy atom. The van der Waals surface area contributed by atoms with Crippen LogP contribution >= 0.6 is 11.6 Å². The predicted molar refractivity (Wildman–Crippen MR) is 81.3 cm³/mol. The lowest BCUT2D eigenvalue weighted by Crippen LogP contribution is -2.33. The molecule has 1 aliphatic heterocycles. The van der Waals surface area contributed by atoms with Crippen molar-refractivity contribution in [2.45, 2.75) is 39.5 Å². The Morgan fingerprint density at radius 2 is 2.05 bits per heavy atom. The molecule has 1 fully saturated rings. The molecule has 0 amide bonds. The number of nitrogens with zero attached hydrogens (tertiary/aromatic N) is 1. The molecule has 1 aliphatic rings. The fraction of sp³-hybridized carbons (Fsp3) is 0.562. The van der Waals surface area contributed by atoms with Crippen molar-refractivity contribution in [2.24, 2.45) is 5.92 Å². The fourth-order valence-electron chi connectivity index (χ4n) is 2.87. The average Bonchev–Trinajstić information content (AvgIpc) is 2.39. The van der Waals surface area contributed by atoms with Crippen molar-refractivity contribution in [1.29, 1.82) is 0 Å². The minimum atomic E-state index is 0.0261. The standard InChI is InChI=1S/C16H22ClNO/c1-3-4-13-7-9-18(10-8-13)14-5-6-15(12(2)19)16(17)11-14/h5-6,11,13H,3-4,7-10H2,1-2H3. The maximum atomic E-state index is 11.4. The highest BCUT2D eigenvalue weighted by atomic mass is 35.5. The summed E-state index contributed by atoms with van der Waals surface area (Å²) in [7, 11) is 0. The van der Waals surface area contributed by atoms with Gasteiger partial charge in [-0.15, -0.1) is 0 Å². The van der Waals surface area contributed by atoms with Crippen LogP contribution in [0.1, 0.15) is 49.9 Å². The average molecular weight is 280 g/mol. The summed E-state index contributed by atoms with van der Waals surface area (Å²) >= 11 is 6.17. The molecule has 1 heterocycles. The Kier molecular flexibility index (Phi) is 4.87. The van der Waals surface area contributed by atoms with Crippen molar-refractivity contribution in [3.63, 3.8) is 0 Å². The highest BCUT2D eigenvalue weighted by Crippen LogP contribution is 2.29. The van der Waals surface area contributed by atoms with E-state index in [1.54, 1.807) is 6.92 Å². The number of hydrogen-bond acceptors (Lipinski definition) is 2. The lowest BCUT2D eigenvalue weighted by Gasteiger charge is -2.33. The minimum Gasteiger partial charge on any atom is -0.371 e. The number of ketones is 1. The van der Waals surface area contributed by atoms with Crippen molar-refractivity contribution in [3.05, 3.63) is 28.8 Å². The zero-order chi connectivity index (χ0) is 13.8. The quantitative estimate of drug-likeness (QED) is 0.753. The van der Waals surface area contributed by atoms with Crippen molar-refractivity contribution < 1.29 is 4.79 Å². The Balaban J connectivity index is 2.04. The second kappa shape index (κ2) is 6.42. The minimum absolute atomic E-state index is 0.0261. The summed E-state index contributed by atoms with van der Waals surface area (Å²) in [5, 5.41) is 0.570. The number of piperidine rings is 1. The first-order valence-electron chi connectivity index (χ1n) is 7.17. The van der Waals surface area contributed by atoms with Crippen LogP contribution in [0.3, 0.4) is 0 Å². The molecule has 0 atom stereocenters. The first-order valence-corrected chi connectivity index (χ1v) is 7.55. The SMILES string of the molecule is CCCC1CCN(c2ccc(C(C)=O)c(Cl)c2)CC1. The number of Topliss-reactive ketones (excluding diaryl/α,β-unsaturated/α-hetero) is 1. The molecular weight excluding hydrogens is 258 g/mol. The number of benzene rings is 1. The van der Waals surface area contributed by atoms with E-state index in [-0.39, 0.29) is 5.78 Å². The molecule has 1 saturated heterocycles. The van der Waals surface area contributed by atoms with E-state index in [2.05, 4.69) is 11.8 Å². The van der Waals surface area contributed by atoms with Crippen molar-refractivity contribution in [2.75, 3.05) is 18.0 Å². The molecule has 1 aromatic rings. The molecule has 1 aromatic carbocycles. The fourth-order valence-corrected chi connectivity index (χ4v) is 3.18. The Labute approximate surface area is 120 Å². The number of rotatable bonds is 4. The van der Waals surface area contributed by atoms with Gasteiger partial charge >= 0.3 is 0 Å². The van der Waals surface area contributed by atoms with E-state index in [9.17, 15) is 4.79 Å². The van der Waals surface area contributed by atoms with E-state index in [0.29, 0.717) is 10.6 Å². The van der Waals surface area contributed by atoms with Gasteiger partial charge in [0.15, 0.2) is 5.78 Å². The lowest BCUT2D eigenvalue weighted by molar-refractivity contribution is 0.101. The van der Waals surface area contributed by atoms with Gasteiger partial charge in [0.25, 0.3) is 0 Å². The molecule has 0 unspecified atom stereocenters. The second-order valence-electron chi connectivity index (χ2n) is 5.44. The van der Waals surface area contributed by atoms with Crippen LogP contribution in [0.4, 0.5) is 5.69 Å². The summed E-state index contributed by atoms with van der Waals surface area (Å²) in [6.45, 7) is 6.00. The van der Waals surface area contributed by atoms with Gasteiger partial charge in [0, 0.05) is 24.3 Å². The molecule has 0 bridgehead atoms. The van der Waals surface area contributed by atoms with Crippen LogP contribution in [0, 0.1) is 5.92 Å². The molecular formula is C16H22ClNO. The molecule has 2 nitrogen and oxygen atoms in total.